The molecular weight excluding hydrogens is 466 g/mol. The lowest BCUT2D eigenvalue weighted by Crippen LogP contribution is -2.23. The first-order valence-corrected chi connectivity index (χ1v) is 10.1. The molecule has 0 saturated carbocycles. The third kappa shape index (κ3) is 5.61. The smallest absolute Gasteiger partial charge is 0.276 e. The van der Waals surface area contributed by atoms with Crippen LogP contribution in [0.2, 0.25) is 0 Å². The van der Waals surface area contributed by atoms with E-state index in [9.17, 15) is 38.6 Å². The molecule has 35 heavy (non-hydrogen) atoms. The van der Waals surface area contributed by atoms with E-state index in [0.29, 0.717) is 5.56 Å². The van der Waals surface area contributed by atoms with Crippen molar-refractivity contribution >= 4 is 28.9 Å². The molecule has 3 aromatic rings. The van der Waals surface area contributed by atoms with Crippen molar-refractivity contribution in [3.63, 3.8) is 0 Å². The van der Waals surface area contributed by atoms with Crippen molar-refractivity contribution in [2.75, 3.05) is 5.32 Å². The number of rotatable bonds is 7. The molecular formula is C23H18F2N4O6. The molecule has 0 unspecified atom stereocenters. The molecule has 180 valence electrons. The maximum Gasteiger partial charge on any atom is 0.276 e. The molecule has 10 nitrogen and oxygen atoms in total. The molecule has 2 N–H and O–H groups in total. The van der Waals surface area contributed by atoms with Crippen molar-refractivity contribution in [1.82, 2.24) is 5.32 Å². The predicted octanol–water partition coefficient (Wildman–Crippen LogP) is 4.58. The highest BCUT2D eigenvalue weighted by atomic mass is 19.1. The van der Waals surface area contributed by atoms with Crippen LogP contribution in [0.5, 0.6) is 0 Å². The molecule has 0 aliphatic heterocycles. The molecule has 0 spiro atoms. The van der Waals surface area contributed by atoms with Gasteiger partial charge in [-0.25, -0.2) is 8.78 Å². The minimum absolute atomic E-state index is 0.0591. The molecule has 0 atom stereocenters. The van der Waals surface area contributed by atoms with Crippen LogP contribution in [0.3, 0.4) is 0 Å². The lowest BCUT2D eigenvalue weighted by atomic mass is 10.1. The van der Waals surface area contributed by atoms with Crippen LogP contribution in [0.4, 0.5) is 25.8 Å². The molecule has 0 saturated heterocycles. The van der Waals surface area contributed by atoms with Crippen molar-refractivity contribution in [2.24, 2.45) is 0 Å². The zero-order valence-corrected chi connectivity index (χ0v) is 18.4. The molecule has 12 heteroatoms. The van der Waals surface area contributed by atoms with Gasteiger partial charge in [0.15, 0.2) is 0 Å². The molecule has 0 aliphatic carbocycles. The summed E-state index contributed by atoms with van der Waals surface area (Å²) in [6.45, 7) is 2.41. The van der Waals surface area contributed by atoms with E-state index in [1.165, 1.54) is 26.0 Å². The number of hydrogen-bond donors (Lipinski definition) is 2. The summed E-state index contributed by atoms with van der Waals surface area (Å²) in [5, 5.41) is 27.2. The first kappa shape index (κ1) is 24.9. The van der Waals surface area contributed by atoms with E-state index in [1.54, 1.807) is 12.1 Å². The number of hydrogen-bond acceptors (Lipinski definition) is 6. The van der Waals surface area contributed by atoms with Crippen LogP contribution in [-0.2, 0) is 6.54 Å². The summed E-state index contributed by atoms with van der Waals surface area (Å²) in [4.78, 5) is 45.5. The summed E-state index contributed by atoms with van der Waals surface area (Å²) in [6, 6.07) is 9.92. The minimum atomic E-state index is -0.895. The number of benzene rings is 3. The molecule has 3 aromatic carbocycles. The van der Waals surface area contributed by atoms with Gasteiger partial charge < -0.3 is 10.6 Å². The average Bonchev–Trinajstić information content (AvgIpc) is 2.80. The first-order valence-electron chi connectivity index (χ1n) is 10.1. The predicted molar refractivity (Wildman–Crippen MR) is 121 cm³/mol. The Balaban J connectivity index is 1.73. The van der Waals surface area contributed by atoms with Crippen LogP contribution in [0.25, 0.3) is 0 Å². The minimum Gasteiger partial charge on any atom is -0.348 e. The topological polar surface area (TPSA) is 144 Å². The summed E-state index contributed by atoms with van der Waals surface area (Å²) >= 11 is 0. The van der Waals surface area contributed by atoms with Crippen molar-refractivity contribution in [1.29, 1.82) is 0 Å². The van der Waals surface area contributed by atoms with E-state index in [-0.39, 0.29) is 34.5 Å². The second-order valence-corrected chi connectivity index (χ2v) is 7.56. The van der Waals surface area contributed by atoms with Gasteiger partial charge in [0.05, 0.1) is 21.0 Å². The standard InChI is InChI=1S/C23H18F2N4O6/c1-12-18(24)7-15(9-20(12)28(32)33)22(30)26-11-14-4-3-5-17(6-14)27-23(31)16-8-19(25)13(2)21(10-16)29(34)35/h3-10H,11H2,1-2H3,(H,26,30)(H,27,31). The number of halogens is 2. The third-order valence-corrected chi connectivity index (χ3v) is 5.19. The Kier molecular flexibility index (Phi) is 7.14. The Hall–Kier alpha value is -4.74. The lowest BCUT2D eigenvalue weighted by molar-refractivity contribution is -0.385. The summed E-state index contributed by atoms with van der Waals surface area (Å²) in [6.07, 6.45) is 0. The second kappa shape index (κ2) is 10.0. The monoisotopic (exact) mass is 484 g/mol. The van der Waals surface area contributed by atoms with E-state index < -0.39 is 44.7 Å². The molecule has 3 rings (SSSR count). The summed E-state index contributed by atoms with van der Waals surface area (Å²) < 4.78 is 28.0. The number of anilines is 1. The van der Waals surface area contributed by atoms with Gasteiger partial charge in [-0.1, -0.05) is 12.1 Å². The fraction of sp³-hybridized carbons (Fsp3) is 0.130. The number of nitro groups is 2. The number of carbonyl (C=O) groups excluding carboxylic acids is 2. The van der Waals surface area contributed by atoms with Crippen LogP contribution >= 0.6 is 0 Å². The SMILES string of the molecule is Cc1c(F)cc(C(=O)NCc2cccc(NC(=O)c3cc(F)c(C)c([N+](=O)[O-])c3)c2)cc1[N+](=O)[O-]. The van der Waals surface area contributed by atoms with Gasteiger partial charge >= 0.3 is 0 Å². The Morgan fingerprint density at radius 3 is 1.86 bits per heavy atom. The number of nitro benzene ring substituents is 2. The van der Waals surface area contributed by atoms with Gasteiger partial charge in [-0.15, -0.1) is 0 Å². The quantitative estimate of drug-likeness (QED) is 0.371. The van der Waals surface area contributed by atoms with Gasteiger partial charge in [0.2, 0.25) is 0 Å². The normalized spacial score (nSPS) is 10.5. The number of nitrogens with zero attached hydrogens (tertiary/aromatic N) is 2. The fourth-order valence-electron chi connectivity index (χ4n) is 3.22. The Bertz CT molecular complexity index is 1380. The van der Waals surface area contributed by atoms with Crippen molar-refractivity contribution in [3.8, 4) is 0 Å². The van der Waals surface area contributed by atoms with Crippen molar-refractivity contribution < 1.29 is 28.2 Å². The molecule has 0 bridgehead atoms. The molecule has 0 aliphatic rings. The van der Waals surface area contributed by atoms with Crippen LogP contribution in [0.15, 0.2) is 48.5 Å². The number of carbonyl (C=O) groups is 2. The molecule has 0 aromatic heterocycles. The van der Waals surface area contributed by atoms with Crippen molar-refractivity contribution in [2.45, 2.75) is 20.4 Å². The maximum atomic E-state index is 14.0. The fourth-order valence-corrected chi connectivity index (χ4v) is 3.22. The van der Waals surface area contributed by atoms with E-state index in [0.717, 1.165) is 24.3 Å². The highest BCUT2D eigenvalue weighted by Crippen LogP contribution is 2.24. The molecule has 0 heterocycles. The Morgan fingerprint density at radius 2 is 1.34 bits per heavy atom. The second-order valence-electron chi connectivity index (χ2n) is 7.56. The van der Waals surface area contributed by atoms with E-state index in [1.807, 2.05) is 0 Å². The van der Waals surface area contributed by atoms with Crippen LogP contribution in [0, 0.1) is 45.7 Å². The van der Waals surface area contributed by atoms with Gasteiger partial charge in [-0.3, -0.25) is 29.8 Å². The van der Waals surface area contributed by atoms with Gasteiger partial charge in [0, 0.05) is 35.5 Å². The van der Waals surface area contributed by atoms with Crippen LogP contribution in [0.1, 0.15) is 37.4 Å². The van der Waals surface area contributed by atoms with Gasteiger partial charge in [0.1, 0.15) is 11.6 Å². The lowest BCUT2D eigenvalue weighted by Gasteiger charge is -2.10. The zero-order chi connectivity index (χ0) is 25.9. The van der Waals surface area contributed by atoms with E-state index >= 15 is 0 Å². The van der Waals surface area contributed by atoms with E-state index in [4.69, 9.17) is 0 Å². The molecule has 2 amide bonds. The van der Waals surface area contributed by atoms with E-state index in [2.05, 4.69) is 10.6 Å². The molecule has 0 fully saturated rings. The van der Waals surface area contributed by atoms with Crippen LogP contribution in [-0.4, -0.2) is 21.7 Å². The van der Waals surface area contributed by atoms with Gasteiger partial charge in [-0.05, 0) is 43.7 Å². The highest BCUT2D eigenvalue weighted by molar-refractivity contribution is 6.04. The largest absolute Gasteiger partial charge is 0.348 e. The highest BCUT2D eigenvalue weighted by Gasteiger charge is 2.21. The zero-order valence-electron chi connectivity index (χ0n) is 18.4. The maximum absolute atomic E-state index is 14.0. The molecule has 0 radical (unpaired) electrons. The number of amides is 2. The van der Waals surface area contributed by atoms with Gasteiger partial charge in [0.25, 0.3) is 23.2 Å². The van der Waals surface area contributed by atoms with Crippen molar-refractivity contribution in [3.05, 3.63) is 108 Å². The summed E-state index contributed by atoms with van der Waals surface area (Å²) in [5.74, 6) is -3.31. The summed E-state index contributed by atoms with van der Waals surface area (Å²) in [5.41, 5.74) is -1.13. The Morgan fingerprint density at radius 1 is 0.829 bits per heavy atom. The first-order chi connectivity index (χ1) is 16.5. The van der Waals surface area contributed by atoms with Gasteiger partial charge in [-0.2, -0.15) is 0 Å². The third-order valence-electron chi connectivity index (χ3n) is 5.19. The summed E-state index contributed by atoms with van der Waals surface area (Å²) in [7, 11) is 0. The average molecular weight is 484 g/mol. The Labute approximate surface area is 196 Å². The van der Waals surface area contributed by atoms with Crippen LogP contribution < -0.4 is 10.6 Å². The number of nitrogens with one attached hydrogen (secondary N) is 2.